The van der Waals surface area contributed by atoms with Crippen molar-refractivity contribution in [2.45, 2.75) is 18.2 Å². The second kappa shape index (κ2) is 5.47. The van der Waals surface area contributed by atoms with E-state index in [0.29, 0.717) is 28.1 Å². The minimum absolute atomic E-state index is 0.0110. The van der Waals surface area contributed by atoms with E-state index in [2.05, 4.69) is 5.32 Å². The van der Waals surface area contributed by atoms with Crippen LogP contribution in [0.25, 0.3) is 0 Å². The van der Waals surface area contributed by atoms with Crippen LogP contribution in [0.4, 0.5) is 0 Å². The van der Waals surface area contributed by atoms with Gasteiger partial charge in [-0.3, -0.25) is 4.79 Å². The van der Waals surface area contributed by atoms with Gasteiger partial charge in [-0.25, -0.2) is 0 Å². The van der Waals surface area contributed by atoms with Crippen LogP contribution < -0.4 is 5.32 Å². The third-order valence-corrected chi connectivity index (χ3v) is 3.84. The number of hydrogen-bond acceptors (Lipinski definition) is 1. The number of nitrogens with one attached hydrogen (secondary N) is 1. The molecule has 92 valence electrons. The SMILES string of the molecule is O=C(NCC(Cl)C1CC1)c1cc(Cl)ccc1Cl. The van der Waals surface area contributed by atoms with Gasteiger partial charge in [0.05, 0.1) is 16.0 Å². The lowest BCUT2D eigenvalue weighted by Gasteiger charge is -2.10. The number of halogens is 3. The van der Waals surface area contributed by atoms with Crippen LogP contribution >= 0.6 is 34.8 Å². The number of amides is 1. The third kappa shape index (κ3) is 3.51. The van der Waals surface area contributed by atoms with Crippen LogP contribution in [0.15, 0.2) is 18.2 Å². The van der Waals surface area contributed by atoms with Crippen molar-refractivity contribution >= 4 is 40.7 Å². The van der Waals surface area contributed by atoms with Gasteiger partial charge < -0.3 is 5.32 Å². The van der Waals surface area contributed by atoms with Gasteiger partial charge in [0.1, 0.15) is 0 Å². The standard InChI is InChI=1S/C12H12Cl3NO/c13-8-3-4-10(14)9(5-8)12(17)16-6-11(15)7-1-2-7/h3-5,7,11H,1-2,6H2,(H,16,17). The van der Waals surface area contributed by atoms with Crippen LogP contribution in [0.5, 0.6) is 0 Å². The molecule has 1 aromatic rings. The summed E-state index contributed by atoms with van der Waals surface area (Å²) in [6, 6.07) is 4.81. The summed E-state index contributed by atoms with van der Waals surface area (Å²) in [5.41, 5.74) is 0.388. The second-order valence-electron chi connectivity index (χ2n) is 4.19. The molecule has 0 aromatic heterocycles. The van der Waals surface area contributed by atoms with E-state index in [-0.39, 0.29) is 11.3 Å². The Bertz CT molecular complexity index is 432. The predicted octanol–water partition coefficient (Wildman–Crippen LogP) is 3.74. The van der Waals surface area contributed by atoms with Gasteiger partial charge in [-0.05, 0) is 37.0 Å². The van der Waals surface area contributed by atoms with Crippen molar-refractivity contribution in [3.63, 3.8) is 0 Å². The Labute approximate surface area is 115 Å². The Morgan fingerprint density at radius 3 is 2.76 bits per heavy atom. The van der Waals surface area contributed by atoms with Crippen molar-refractivity contribution in [2.24, 2.45) is 5.92 Å². The van der Waals surface area contributed by atoms with Crippen molar-refractivity contribution in [1.82, 2.24) is 5.32 Å². The van der Waals surface area contributed by atoms with Gasteiger partial charge in [0.15, 0.2) is 0 Å². The van der Waals surface area contributed by atoms with Crippen molar-refractivity contribution in [3.8, 4) is 0 Å². The Balaban J connectivity index is 1.96. The highest BCUT2D eigenvalue weighted by atomic mass is 35.5. The molecule has 17 heavy (non-hydrogen) atoms. The molecule has 5 heteroatoms. The first kappa shape index (κ1) is 13.0. The molecule has 1 amide bonds. The van der Waals surface area contributed by atoms with Gasteiger partial charge in [0.25, 0.3) is 5.91 Å². The molecule has 0 saturated heterocycles. The van der Waals surface area contributed by atoms with Crippen molar-refractivity contribution in [3.05, 3.63) is 33.8 Å². The average Bonchev–Trinajstić information content (AvgIpc) is 3.12. The highest BCUT2D eigenvalue weighted by Crippen LogP contribution is 2.35. The number of carbonyl (C=O) groups excluding carboxylic acids is 1. The summed E-state index contributed by atoms with van der Waals surface area (Å²) in [6.45, 7) is 0.466. The molecule has 2 rings (SSSR count). The zero-order chi connectivity index (χ0) is 12.4. The fraction of sp³-hybridized carbons (Fsp3) is 0.417. The molecular weight excluding hydrogens is 280 g/mol. The minimum atomic E-state index is -0.233. The van der Waals surface area contributed by atoms with Crippen molar-refractivity contribution in [2.75, 3.05) is 6.54 Å². The molecule has 1 aliphatic carbocycles. The molecule has 1 aliphatic rings. The largest absolute Gasteiger partial charge is 0.350 e. The van der Waals surface area contributed by atoms with Gasteiger partial charge in [-0.2, -0.15) is 0 Å². The van der Waals surface area contributed by atoms with Crippen LogP contribution in [0.2, 0.25) is 10.0 Å². The summed E-state index contributed by atoms with van der Waals surface area (Å²) in [5.74, 6) is 0.315. The Hall–Kier alpha value is -0.440. The molecule has 0 heterocycles. The van der Waals surface area contributed by atoms with Gasteiger partial charge in [-0.15, -0.1) is 11.6 Å². The maximum atomic E-state index is 11.9. The van der Waals surface area contributed by atoms with E-state index in [9.17, 15) is 4.79 Å². The maximum absolute atomic E-state index is 11.9. The molecule has 1 atom stereocenters. The highest BCUT2D eigenvalue weighted by molar-refractivity contribution is 6.35. The van der Waals surface area contributed by atoms with E-state index in [1.165, 1.54) is 0 Å². The summed E-state index contributed by atoms with van der Waals surface area (Å²) in [5, 5.41) is 3.67. The minimum Gasteiger partial charge on any atom is -0.350 e. The van der Waals surface area contributed by atoms with Gasteiger partial charge in [0, 0.05) is 11.6 Å². The molecule has 0 bridgehead atoms. The summed E-state index contributed by atoms with van der Waals surface area (Å²) in [7, 11) is 0. The zero-order valence-corrected chi connectivity index (χ0v) is 11.3. The summed E-state index contributed by atoms with van der Waals surface area (Å²) < 4.78 is 0. The summed E-state index contributed by atoms with van der Waals surface area (Å²) >= 11 is 17.9. The summed E-state index contributed by atoms with van der Waals surface area (Å²) in [6.07, 6.45) is 2.31. The highest BCUT2D eigenvalue weighted by Gasteiger charge is 2.29. The molecule has 1 saturated carbocycles. The fourth-order valence-electron chi connectivity index (χ4n) is 1.58. The topological polar surface area (TPSA) is 29.1 Å². The Morgan fingerprint density at radius 1 is 1.41 bits per heavy atom. The Kier molecular flexibility index (Phi) is 4.18. The lowest BCUT2D eigenvalue weighted by Crippen LogP contribution is -2.30. The first-order valence-corrected chi connectivity index (χ1v) is 6.64. The van der Waals surface area contributed by atoms with Crippen LogP contribution in [0.3, 0.4) is 0 Å². The molecule has 1 fully saturated rings. The van der Waals surface area contributed by atoms with Gasteiger partial charge >= 0.3 is 0 Å². The van der Waals surface area contributed by atoms with Crippen molar-refractivity contribution in [1.29, 1.82) is 0 Å². The maximum Gasteiger partial charge on any atom is 0.252 e. The van der Waals surface area contributed by atoms with E-state index < -0.39 is 0 Å². The molecule has 0 aliphatic heterocycles. The molecular formula is C12H12Cl3NO. The van der Waals surface area contributed by atoms with E-state index >= 15 is 0 Å². The quantitative estimate of drug-likeness (QED) is 0.842. The summed E-state index contributed by atoms with van der Waals surface area (Å²) in [4.78, 5) is 11.9. The third-order valence-electron chi connectivity index (χ3n) is 2.76. The second-order valence-corrected chi connectivity index (χ2v) is 5.59. The average molecular weight is 293 g/mol. The van der Waals surface area contributed by atoms with E-state index in [0.717, 1.165) is 12.8 Å². The molecule has 1 unspecified atom stereocenters. The number of carbonyl (C=O) groups is 1. The van der Waals surface area contributed by atoms with Crippen LogP contribution in [-0.4, -0.2) is 17.8 Å². The van der Waals surface area contributed by atoms with Gasteiger partial charge in [0.2, 0.25) is 0 Å². The van der Waals surface area contributed by atoms with Gasteiger partial charge in [-0.1, -0.05) is 23.2 Å². The molecule has 0 radical (unpaired) electrons. The number of hydrogen-bond donors (Lipinski definition) is 1. The zero-order valence-electron chi connectivity index (χ0n) is 9.05. The fourth-order valence-corrected chi connectivity index (χ4v) is 2.29. The van der Waals surface area contributed by atoms with Crippen molar-refractivity contribution < 1.29 is 4.79 Å². The van der Waals surface area contributed by atoms with E-state index in [1.54, 1.807) is 18.2 Å². The normalized spacial score (nSPS) is 16.6. The lowest BCUT2D eigenvalue weighted by atomic mass is 10.2. The smallest absolute Gasteiger partial charge is 0.252 e. The Morgan fingerprint density at radius 2 is 2.12 bits per heavy atom. The van der Waals surface area contributed by atoms with Crippen LogP contribution in [0, 0.1) is 5.92 Å². The predicted molar refractivity (Wildman–Crippen MR) is 71.2 cm³/mol. The number of rotatable bonds is 4. The monoisotopic (exact) mass is 291 g/mol. The number of alkyl halides is 1. The lowest BCUT2D eigenvalue weighted by molar-refractivity contribution is 0.0953. The molecule has 2 nitrogen and oxygen atoms in total. The van der Waals surface area contributed by atoms with E-state index in [4.69, 9.17) is 34.8 Å². The first-order valence-electron chi connectivity index (χ1n) is 5.45. The van der Waals surface area contributed by atoms with E-state index in [1.807, 2.05) is 0 Å². The van der Waals surface area contributed by atoms with Crippen LogP contribution in [-0.2, 0) is 0 Å². The van der Waals surface area contributed by atoms with Crippen LogP contribution in [0.1, 0.15) is 23.2 Å². The number of benzene rings is 1. The molecule has 1 N–H and O–H groups in total. The molecule has 0 spiro atoms. The molecule has 1 aromatic carbocycles. The first-order chi connectivity index (χ1) is 8.08.